The average Bonchev–Trinajstić information content (AvgIpc) is 3.20. The van der Waals surface area contributed by atoms with Crippen LogP contribution in [0.25, 0.3) is 0 Å². The Morgan fingerprint density at radius 1 is 0.526 bits per heavy atom. The standard InChI is InChI=1S/C46H73O10P/c1-3-5-7-9-11-13-15-17-19-20-21-22-24-25-27-29-31-33-35-37-45(49)53-41-44(42-55-57(51,52)54-40-43(48)39-47)56-46(50)38-36-34-32-30-28-26-23-18-16-14-12-10-8-6-4-2/h5-8,11-14,17-19,21-23,25,27-28,30,43-44,47-48H,3-4,9-10,15-16,20,24,26,29,31-42H2,1-2H3,(H,51,52)/b7-5+,8-6+,13-11+,14-12+,19-17+,22-21+,23-18+,27-25+,30-28+/t43-,44+/m0/s1. The van der Waals surface area contributed by atoms with Gasteiger partial charge in [0.1, 0.15) is 12.7 Å². The highest BCUT2D eigenvalue weighted by Crippen LogP contribution is 2.43. The molecule has 0 aliphatic rings. The Bertz CT molecular complexity index is 1310. The van der Waals surface area contributed by atoms with Gasteiger partial charge in [-0.2, -0.15) is 0 Å². The average molecular weight is 817 g/mol. The number of phosphoric ester groups is 1. The van der Waals surface area contributed by atoms with Crippen LogP contribution in [0.3, 0.4) is 0 Å². The van der Waals surface area contributed by atoms with Gasteiger partial charge in [0.15, 0.2) is 6.10 Å². The number of hydrogen-bond acceptors (Lipinski definition) is 9. The predicted octanol–water partition coefficient (Wildman–Crippen LogP) is 11.0. The van der Waals surface area contributed by atoms with Gasteiger partial charge >= 0.3 is 19.8 Å². The molecule has 57 heavy (non-hydrogen) atoms. The third kappa shape index (κ3) is 40.6. The van der Waals surface area contributed by atoms with Gasteiger partial charge in [0, 0.05) is 12.8 Å². The molecule has 322 valence electrons. The Morgan fingerprint density at radius 3 is 1.37 bits per heavy atom. The van der Waals surface area contributed by atoms with Gasteiger partial charge in [-0.3, -0.25) is 18.6 Å². The zero-order valence-electron chi connectivity index (χ0n) is 34.7. The largest absolute Gasteiger partial charge is 0.472 e. The van der Waals surface area contributed by atoms with Crippen molar-refractivity contribution in [2.24, 2.45) is 0 Å². The van der Waals surface area contributed by atoms with E-state index in [1.54, 1.807) is 0 Å². The summed E-state index contributed by atoms with van der Waals surface area (Å²) in [5.41, 5.74) is 0. The van der Waals surface area contributed by atoms with E-state index < -0.39 is 51.8 Å². The summed E-state index contributed by atoms with van der Waals surface area (Å²) in [4.78, 5) is 34.9. The molecule has 0 fully saturated rings. The van der Waals surface area contributed by atoms with Gasteiger partial charge in [-0.1, -0.05) is 130 Å². The van der Waals surface area contributed by atoms with Gasteiger partial charge in [-0.05, 0) is 96.3 Å². The number of esters is 2. The van der Waals surface area contributed by atoms with E-state index in [4.69, 9.17) is 19.1 Å². The molecule has 0 saturated heterocycles. The van der Waals surface area contributed by atoms with E-state index in [2.05, 4.69) is 128 Å². The maximum Gasteiger partial charge on any atom is 0.472 e. The number of phosphoric acid groups is 1. The maximum absolute atomic E-state index is 12.6. The van der Waals surface area contributed by atoms with Crippen molar-refractivity contribution in [2.45, 2.75) is 142 Å². The fraction of sp³-hybridized carbons (Fsp3) is 0.565. The van der Waals surface area contributed by atoms with Crippen molar-refractivity contribution < 1.29 is 47.8 Å². The molecule has 0 aromatic rings. The van der Waals surface area contributed by atoms with Crippen LogP contribution in [-0.4, -0.2) is 65.7 Å². The topological polar surface area (TPSA) is 149 Å². The van der Waals surface area contributed by atoms with Crippen LogP contribution in [0.15, 0.2) is 109 Å². The molecule has 1 unspecified atom stereocenters. The molecule has 0 aliphatic carbocycles. The Balaban J connectivity index is 4.47. The number of aliphatic hydroxyl groups is 2. The lowest BCUT2D eigenvalue weighted by Gasteiger charge is -2.20. The lowest BCUT2D eigenvalue weighted by Crippen LogP contribution is -2.29. The summed E-state index contributed by atoms with van der Waals surface area (Å²) in [6.45, 7) is 2.03. The molecule has 0 aromatic heterocycles. The van der Waals surface area contributed by atoms with E-state index in [1.807, 2.05) is 0 Å². The van der Waals surface area contributed by atoms with Crippen molar-refractivity contribution in [1.29, 1.82) is 0 Å². The summed E-state index contributed by atoms with van der Waals surface area (Å²) < 4.78 is 32.6. The van der Waals surface area contributed by atoms with Crippen molar-refractivity contribution in [3.63, 3.8) is 0 Å². The fourth-order valence-corrected chi connectivity index (χ4v) is 5.56. The minimum atomic E-state index is -4.64. The molecular formula is C46H73O10P. The third-order valence-corrected chi connectivity index (χ3v) is 8.87. The predicted molar refractivity (Wildman–Crippen MR) is 232 cm³/mol. The highest BCUT2D eigenvalue weighted by molar-refractivity contribution is 7.47. The molecule has 3 N–H and O–H groups in total. The van der Waals surface area contributed by atoms with Gasteiger partial charge in [-0.25, -0.2) is 4.57 Å². The van der Waals surface area contributed by atoms with Crippen LogP contribution in [-0.2, 0) is 32.7 Å². The Hall–Kier alpha value is -3.37. The Morgan fingerprint density at radius 2 is 0.912 bits per heavy atom. The van der Waals surface area contributed by atoms with E-state index >= 15 is 0 Å². The van der Waals surface area contributed by atoms with E-state index in [-0.39, 0.29) is 19.4 Å². The molecule has 0 rings (SSSR count). The normalized spacial score (nSPS) is 15.0. The van der Waals surface area contributed by atoms with E-state index in [0.29, 0.717) is 12.8 Å². The molecule has 0 aromatic carbocycles. The molecule has 0 amide bonds. The maximum atomic E-state index is 12.6. The molecule has 10 nitrogen and oxygen atoms in total. The van der Waals surface area contributed by atoms with Crippen LogP contribution >= 0.6 is 7.82 Å². The molecule has 3 atom stereocenters. The number of unbranched alkanes of at least 4 members (excludes halogenated alkanes) is 5. The minimum Gasteiger partial charge on any atom is -0.462 e. The highest BCUT2D eigenvalue weighted by atomic mass is 31.2. The lowest BCUT2D eigenvalue weighted by molar-refractivity contribution is -0.161. The summed E-state index contributed by atoms with van der Waals surface area (Å²) in [7, 11) is -4.64. The summed E-state index contributed by atoms with van der Waals surface area (Å²) in [6, 6.07) is 0. The number of aliphatic hydroxyl groups excluding tert-OH is 2. The first-order chi connectivity index (χ1) is 27.7. The van der Waals surface area contributed by atoms with Crippen molar-refractivity contribution in [3.05, 3.63) is 109 Å². The molecule has 0 bridgehead atoms. The number of rotatable bonds is 37. The summed E-state index contributed by atoms with van der Waals surface area (Å²) in [5.74, 6) is -1.03. The number of allylic oxidation sites excluding steroid dienone is 18. The Kier molecular flexibility index (Phi) is 38.4. The smallest absolute Gasteiger partial charge is 0.462 e. The van der Waals surface area contributed by atoms with Crippen LogP contribution in [0.4, 0.5) is 0 Å². The monoisotopic (exact) mass is 816 g/mol. The first kappa shape index (κ1) is 53.6. The van der Waals surface area contributed by atoms with Crippen LogP contribution in [0.2, 0.25) is 0 Å². The van der Waals surface area contributed by atoms with Gasteiger partial charge in [-0.15, -0.1) is 0 Å². The van der Waals surface area contributed by atoms with E-state index in [0.717, 1.165) is 89.9 Å². The van der Waals surface area contributed by atoms with Gasteiger partial charge in [0.25, 0.3) is 0 Å². The molecule has 0 spiro atoms. The number of carbonyl (C=O) groups excluding carboxylic acids is 2. The van der Waals surface area contributed by atoms with Gasteiger partial charge in [0.05, 0.1) is 19.8 Å². The zero-order valence-corrected chi connectivity index (χ0v) is 35.6. The molecule has 0 heterocycles. The van der Waals surface area contributed by atoms with Crippen molar-refractivity contribution in [2.75, 3.05) is 26.4 Å². The summed E-state index contributed by atoms with van der Waals surface area (Å²) in [6.07, 6.45) is 50.6. The first-order valence-corrected chi connectivity index (χ1v) is 22.3. The summed E-state index contributed by atoms with van der Waals surface area (Å²) >= 11 is 0. The van der Waals surface area contributed by atoms with E-state index in [9.17, 15) is 24.2 Å². The number of carbonyl (C=O) groups is 2. The first-order valence-electron chi connectivity index (χ1n) is 20.8. The molecule has 0 aliphatic heterocycles. The van der Waals surface area contributed by atoms with Crippen molar-refractivity contribution >= 4 is 19.8 Å². The van der Waals surface area contributed by atoms with Crippen LogP contribution < -0.4 is 0 Å². The third-order valence-electron chi connectivity index (χ3n) is 7.92. The van der Waals surface area contributed by atoms with Gasteiger partial charge in [0.2, 0.25) is 0 Å². The lowest BCUT2D eigenvalue weighted by atomic mass is 10.1. The fourth-order valence-electron chi connectivity index (χ4n) is 4.77. The van der Waals surface area contributed by atoms with Crippen molar-refractivity contribution in [1.82, 2.24) is 0 Å². The second-order valence-electron chi connectivity index (χ2n) is 13.2. The van der Waals surface area contributed by atoms with Crippen LogP contribution in [0.5, 0.6) is 0 Å². The van der Waals surface area contributed by atoms with Gasteiger partial charge < -0.3 is 24.6 Å². The zero-order chi connectivity index (χ0) is 41.9. The number of ether oxygens (including phenoxy) is 2. The minimum absolute atomic E-state index is 0.117. The molecule has 0 radical (unpaired) electrons. The second kappa shape index (κ2) is 40.8. The van der Waals surface area contributed by atoms with Crippen LogP contribution in [0.1, 0.15) is 129 Å². The Labute approximate surface area is 344 Å². The number of hydrogen-bond donors (Lipinski definition) is 3. The molecule has 11 heteroatoms. The molecular weight excluding hydrogens is 743 g/mol. The van der Waals surface area contributed by atoms with Crippen LogP contribution in [0, 0.1) is 0 Å². The SMILES string of the molecule is CC/C=C/C/C=C/C/C=C/C/C=C/C/C=C/CCCCCC(=O)OC[C@H](COP(=O)(O)OC[C@@H](O)CO)OC(=O)CCCC/C=C/C/C=C/C/C=C/C/C=C/CC. The quantitative estimate of drug-likeness (QED) is 0.0239. The highest BCUT2D eigenvalue weighted by Gasteiger charge is 2.27. The second-order valence-corrected chi connectivity index (χ2v) is 14.7. The van der Waals surface area contributed by atoms with Crippen molar-refractivity contribution in [3.8, 4) is 0 Å². The summed E-state index contributed by atoms with van der Waals surface area (Å²) in [5, 5.41) is 18.3. The molecule has 0 saturated carbocycles. The van der Waals surface area contributed by atoms with E-state index in [1.165, 1.54) is 0 Å².